The molecule has 11 nitrogen and oxygen atoms in total. The number of nitrogens with zero attached hydrogens (tertiary/aromatic N) is 5. The lowest BCUT2D eigenvalue weighted by Crippen LogP contribution is -2.40. The molecule has 0 unspecified atom stereocenters. The van der Waals surface area contributed by atoms with E-state index in [0.717, 1.165) is 35.4 Å². The molecule has 1 fully saturated rings. The van der Waals surface area contributed by atoms with Gasteiger partial charge in [-0.3, -0.25) is 14.5 Å². The van der Waals surface area contributed by atoms with Gasteiger partial charge in [-0.15, -0.1) is 5.10 Å². The molecule has 0 bridgehead atoms. The molecule has 4 aromatic rings. The number of carbonyl (C=O) groups is 2. The summed E-state index contributed by atoms with van der Waals surface area (Å²) in [6.07, 6.45) is 1.86. The molecular weight excluding hydrogens is 550 g/mol. The molecule has 11 heteroatoms. The molecule has 2 amide bonds. The van der Waals surface area contributed by atoms with Gasteiger partial charge in [-0.05, 0) is 37.3 Å². The second-order valence-electron chi connectivity index (χ2n) is 10.2. The number of benzene rings is 3. The monoisotopic (exact) mass is 585 g/mol. The largest absolute Gasteiger partial charge is 0.377 e. The van der Waals surface area contributed by atoms with E-state index in [0.29, 0.717) is 81.6 Å². The van der Waals surface area contributed by atoms with E-state index in [4.69, 9.17) is 18.9 Å². The van der Waals surface area contributed by atoms with Gasteiger partial charge in [0, 0.05) is 52.8 Å². The van der Waals surface area contributed by atoms with Crippen molar-refractivity contribution in [1.29, 1.82) is 0 Å². The molecule has 0 radical (unpaired) electrons. The number of carbonyl (C=O) groups excluding carboxylic acids is 2. The zero-order chi connectivity index (χ0) is 29.6. The molecule has 1 aromatic heterocycles. The first-order valence-electron chi connectivity index (χ1n) is 14.7. The minimum atomic E-state index is -0.276. The third-order valence-electron chi connectivity index (χ3n) is 7.68. The van der Waals surface area contributed by atoms with E-state index in [9.17, 15) is 9.59 Å². The Hall–Kier alpha value is -4.16. The summed E-state index contributed by atoms with van der Waals surface area (Å²) < 4.78 is 24.3. The average Bonchev–Trinajstić information content (AvgIpc) is 3.52. The number of imide groups is 1. The minimum Gasteiger partial charge on any atom is -0.377 e. The highest BCUT2D eigenvalue weighted by atomic mass is 16.6. The van der Waals surface area contributed by atoms with Gasteiger partial charge in [0.05, 0.1) is 64.7 Å². The van der Waals surface area contributed by atoms with Gasteiger partial charge < -0.3 is 23.8 Å². The average molecular weight is 586 g/mol. The van der Waals surface area contributed by atoms with E-state index >= 15 is 0 Å². The Morgan fingerprint density at radius 1 is 0.721 bits per heavy atom. The van der Waals surface area contributed by atoms with Crippen molar-refractivity contribution in [3.05, 3.63) is 71.9 Å². The van der Waals surface area contributed by atoms with Crippen molar-refractivity contribution in [2.24, 2.45) is 0 Å². The number of rotatable bonds is 4. The molecule has 2 aliphatic heterocycles. The summed E-state index contributed by atoms with van der Waals surface area (Å²) in [6.45, 7) is 8.02. The van der Waals surface area contributed by atoms with Crippen LogP contribution >= 0.6 is 0 Å². The fourth-order valence-corrected chi connectivity index (χ4v) is 5.46. The lowest BCUT2D eigenvalue weighted by molar-refractivity contribution is 0.00206. The third-order valence-corrected chi connectivity index (χ3v) is 7.68. The highest BCUT2D eigenvalue weighted by Gasteiger charge is 2.32. The molecule has 6 rings (SSSR count). The molecular formula is C32H35N5O6. The van der Waals surface area contributed by atoms with E-state index in [-0.39, 0.29) is 11.8 Å². The normalized spacial score (nSPS) is 17.6. The van der Waals surface area contributed by atoms with Gasteiger partial charge in [0.15, 0.2) is 0 Å². The molecule has 0 aliphatic carbocycles. The van der Waals surface area contributed by atoms with Crippen molar-refractivity contribution in [3.8, 4) is 16.9 Å². The van der Waals surface area contributed by atoms with Crippen LogP contribution in [0.15, 0.2) is 60.8 Å². The maximum atomic E-state index is 13.0. The summed E-state index contributed by atoms with van der Waals surface area (Å²) in [5, 5.41) is 10.3. The number of aromatic nitrogens is 3. The zero-order valence-corrected chi connectivity index (χ0v) is 24.2. The van der Waals surface area contributed by atoms with Crippen molar-refractivity contribution in [3.63, 3.8) is 0 Å². The number of hydrogen-bond donors (Lipinski definition) is 0. The van der Waals surface area contributed by atoms with Crippen LogP contribution in [0.4, 0.5) is 5.69 Å². The predicted molar refractivity (Wildman–Crippen MR) is 161 cm³/mol. The smallest absolute Gasteiger partial charge is 0.261 e. The molecule has 43 heavy (non-hydrogen) atoms. The van der Waals surface area contributed by atoms with Crippen molar-refractivity contribution < 1.29 is 28.5 Å². The molecule has 0 N–H and O–H groups in total. The maximum absolute atomic E-state index is 13.0. The van der Waals surface area contributed by atoms with Crippen molar-refractivity contribution in [1.82, 2.24) is 19.9 Å². The summed E-state index contributed by atoms with van der Waals surface area (Å²) in [4.78, 5) is 29.5. The van der Waals surface area contributed by atoms with Crippen molar-refractivity contribution in [2.75, 3.05) is 77.4 Å². The third kappa shape index (κ3) is 6.16. The van der Waals surface area contributed by atoms with E-state index < -0.39 is 0 Å². The lowest BCUT2D eigenvalue weighted by Gasteiger charge is -2.26. The Balaban J connectivity index is 1.21. The standard InChI is InChI=1S/C32H35N5O6/c1-2-36-31(38)26-5-3-4-25-29(11-10-27(30(25)26)32(36)39)37-22-28(33-34-37)23-6-8-24(9-7-23)35-12-14-40-16-18-42-20-21-43-19-17-41-15-13-35/h3-11,22H,2,12-21H2,1H3. The van der Waals surface area contributed by atoms with Gasteiger partial charge in [-0.25, -0.2) is 4.68 Å². The molecule has 3 heterocycles. The van der Waals surface area contributed by atoms with Gasteiger partial charge in [0.25, 0.3) is 11.8 Å². The summed E-state index contributed by atoms with van der Waals surface area (Å²) in [5.74, 6) is -0.552. The maximum Gasteiger partial charge on any atom is 0.261 e. The second-order valence-corrected chi connectivity index (χ2v) is 10.2. The van der Waals surface area contributed by atoms with Crippen molar-refractivity contribution in [2.45, 2.75) is 6.92 Å². The number of anilines is 1. The first-order valence-corrected chi connectivity index (χ1v) is 14.7. The second kappa shape index (κ2) is 13.4. The molecule has 2 aliphatic rings. The van der Waals surface area contributed by atoms with Crippen LogP contribution in [0.1, 0.15) is 27.6 Å². The molecule has 1 saturated heterocycles. The fraction of sp³-hybridized carbons (Fsp3) is 0.375. The Bertz CT molecular complexity index is 1550. The number of hydrogen-bond acceptors (Lipinski definition) is 9. The van der Waals surface area contributed by atoms with Crippen LogP contribution < -0.4 is 4.90 Å². The summed E-state index contributed by atoms with van der Waals surface area (Å²) in [7, 11) is 0. The zero-order valence-electron chi connectivity index (χ0n) is 24.2. The predicted octanol–water partition coefficient (Wildman–Crippen LogP) is 3.59. The quantitative estimate of drug-likeness (QED) is 0.332. The van der Waals surface area contributed by atoms with Gasteiger partial charge >= 0.3 is 0 Å². The van der Waals surface area contributed by atoms with Gasteiger partial charge in [-0.1, -0.05) is 29.5 Å². The van der Waals surface area contributed by atoms with Crippen LogP contribution in [0.25, 0.3) is 27.7 Å². The Kier molecular flexibility index (Phi) is 9.04. The van der Waals surface area contributed by atoms with E-state index in [2.05, 4.69) is 27.3 Å². The van der Waals surface area contributed by atoms with Gasteiger partial charge in [0.2, 0.25) is 0 Å². The highest BCUT2D eigenvalue weighted by Crippen LogP contribution is 2.34. The summed E-state index contributed by atoms with van der Waals surface area (Å²) >= 11 is 0. The first kappa shape index (κ1) is 28.9. The Labute approximate surface area is 249 Å². The SMILES string of the molecule is CCN1C(=O)c2cccc3c(-n4cc(-c5ccc(N6CCOCCOCCOCCOCC6)cc5)nn4)ccc(c23)C1=O. The number of ether oxygens (including phenoxy) is 4. The lowest BCUT2D eigenvalue weighted by atomic mass is 9.93. The fourth-order valence-electron chi connectivity index (χ4n) is 5.46. The van der Waals surface area contributed by atoms with Gasteiger partial charge in [0.1, 0.15) is 5.69 Å². The minimum absolute atomic E-state index is 0.276. The van der Waals surface area contributed by atoms with Crippen LogP contribution in [0, 0.1) is 0 Å². The number of amides is 2. The Morgan fingerprint density at radius 2 is 1.33 bits per heavy atom. The molecule has 0 atom stereocenters. The summed E-state index contributed by atoms with van der Waals surface area (Å²) in [6, 6.07) is 17.3. The first-order chi connectivity index (χ1) is 21.2. The molecule has 3 aromatic carbocycles. The van der Waals surface area contributed by atoms with E-state index in [1.807, 2.05) is 36.5 Å². The summed E-state index contributed by atoms with van der Waals surface area (Å²) in [5.41, 5.74) is 4.47. The van der Waals surface area contributed by atoms with Crippen LogP contribution in [0.5, 0.6) is 0 Å². The van der Waals surface area contributed by atoms with Gasteiger partial charge in [-0.2, -0.15) is 0 Å². The van der Waals surface area contributed by atoms with E-state index in [1.54, 1.807) is 23.7 Å². The molecule has 224 valence electrons. The van der Waals surface area contributed by atoms with Crippen LogP contribution in [-0.4, -0.2) is 104 Å². The Morgan fingerprint density at radius 3 is 1.95 bits per heavy atom. The molecule has 0 spiro atoms. The topological polar surface area (TPSA) is 108 Å². The van der Waals surface area contributed by atoms with Crippen LogP contribution in [-0.2, 0) is 18.9 Å². The van der Waals surface area contributed by atoms with Crippen LogP contribution in [0.2, 0.25) is 0 Å². The van der Waals surface area contributed by atoms with Crippen molar-refractivity contribution >= 4 is 28.3 Å². The highest BCUT2D eigenvalue weighted by molar-refractivity contribution is 6.26. The van der Waals surface area contributed by atoms with Crippen LogP contribution in [0.3, 0.4) is 0 Å². The molecule has 0 saturated carbocycles. The van der Waals surface area contributed by atoms with E-state index in [1.165, 1.54) is 4.90 Å².